The molecule has 112 valence electrons. The molecule has 0 saturated carbocycles. The lowest BCUT2D eigenvalue weighted by atomic mass is 10.1. The summed E-state index contributed by atoms with van der Waals surface area (Å²) < 4.78 is 0. The van der Waals surface area contributed by atoms with Crippen molar-refractivity contribution in [1.29, 1.82) is 0 Å². The van der Waals surface area contributed by atoms with E-state index in [0.29, 0.717) is 11.1 Å². The number of allylic oxidation sites excluding steroid dienone is 1. The molecule has 0 radical (unpaired) electrons. The number of benzene rings is 2. The second-order valence-corrected chi connectivity index (χ2v) is 4.96. The number of hydrogen-bond donors (Lipinski definition) is 0. The quantitative estimate of drug-likeness (QED) is 0.366. The maximum Gasteiger partial charge on any atom is 0.278 e. The molecule has 2 aromatic carbocycles. The van der Waals surface area contributed by atoms with Crippen LogP contribution in [0.5, 0.6) is 0 Å². The van der Waals surface area contributed by atoms with E-state index in [-0.39, 0.29) is 11.5 Å². The van der Waals surface area contributed by atoms with E-state index in [1.54, 1.807) is 41.3 Å². The van der Waals surface area contributed by atoms with Gasteiger partial charge in [0.15, 0.2) is 5.78 Å². The van der Waals surface area contributed by atoms with Crippen LogP contribution < -0.4 is 4.90 Å². The predicted molar refractivity (Wildman–Crippen MR) is 87.2 cm³/mol. The number of carbonyl (C=O) groups excluding carboxylic acids is 1. The second kappa shape index (κ2) is 6.67. The molecule has 0 aliphatic rings. The van der Waals surface area contributed by atoms with E-state index in [1.165, 1.54) is 18.2 Å². The first-order valence-electron chi connectivity index (χ1n) is 6.72. The molecule has 0 heterocycles. The fourth-order valence-corrected chi connectivity index (χ4v) is 1.97. The van der Waals surface area contributed by atoms with Gasteiger partial charge in [0, 0.05) is 31.4 Å². The monoisotopic (exact) mass is 296 g/mol. The van der Waals surface area contributed by atoms with E-state index in [2.05, 4.69) is 0 Å². The molecule has 2 aromatic rings. The third kappa shape index (κ3) is 3.58. The van der Waals surface area contributed by atoms with Crippen LogP contribution in [0.15, 0.2) is 54.6 Å². The number of nitro groups is 1. The average Bonchev–Trinajstić information content (AvgIpc) is 2.53. The van der Waals surface area contributed by atoms with Crippen LogP contribution in [0, 0.1) is 10.1 Å². The Kier molecular flexibility index (Phi) is 4.68. The van der Waals surface area contributed by atoms with Crippen LogP contribution in [-0.4, -0.2) is 24.8 Å². The summed E-state index contributed by atoms with van der Waals surface area (Å²) in [4.78, 5) is 24.5. The van der Waals surface area contributed by atoms with Gasteiger partial charge in [-0.2, -0.15) is 0 Å². The van der Waals surface area contributed by atoms with E-state index < -0.39 is 4.92 Å². The Morgan fingerprint density at radius 2 is 1.82 bits per heavy atom. The molecule has 0 aromatic heterocycles. The van der Waals surface area contributed by atoms with Crippen LogP contribution in [-0.2, 0) is 0 Å². The van der Waals surface area contributed by atoms with E-state index in [0.717, 1.165) is 5.69 Å². The van der Waals surface area contributed by atoms with Crippen LogP contribution in [0.3, 0.4) is 0 Å². The topological polar surface area (TPSA) is 63.5 Å². The van der Waals surface area contributed by atoms with Gasteiger partial charge < -0.3 is 4.90 Å². The van der Waals surface area contributed by atoms with E-state index >= 15 is 0 Å². The molecule has 0 amide bonds. The number of hydrogen-bond acceptors (Lipinski definition) is 4. The molecule has 0 fully saturated rings. The van der Waals surface area contributed by atoms with Crippen LogP contribution in [0.2, 0.25) is 0 Å². The molecule has 0 atom stereocenters. The van der Waals surface area contributed by atoms with Gasteiger partial charge in [-0.25, -0.2) is 0 Å². The Morgan fingerprint density at radius 3 is 2.41 bits per heavy atom. The third-order valence-corrected chi connectivity index (χ3v) is 3.20. The number of carbonyl (C=O) groups is 1. The van der Waals surface area contributed by atoms with Gasteiger partial charge in [-0.1, -0.05) is 30.3 Å². The summed E-state index contributed by atoms with van der Waals surface area (Å²) in [5, 5.41) is 11.2. The summed E-state index contributed by atoms with van der Waals surface area (Å²) in [5.74, 6) is -0.188. The van der Waals surface area contributed by atoms with Crippen LogP contribution in [0.25, 0.3) is 6.08 Å². The normalized spacial score (nSPS) is 10.6. The minimum atomic E-state index is -0.445. The number of nitrogens with zero attached hydrogens (tertiary/aromatic N) is 2. The lowest BCUT2D eigenvalue weighted by molar-refractivity contribution is -0.385. The van der Waals surface area contributed by atoms with Gasteiger partial charge in [0.1, 0.15) is 0 Å². The van der Waals surface area contributed by atoms with Crippen molar-refractivity contribution in [3.63, 3.8) is 0 Å². The minimum Gasteiger partial charge on any atom is -0.377 e. The van der Waals surface area contributed by atoms with Gasteiger partial charge >= 0.3 is 0 Å². The van der Waals surface area contributed by atoms with Crippen molar-refractivity contribution in [2.75, 3.05) is 19.0 Å². The Morgan fingerprint density at radius 1 is 1.14 bits per heavy atom. The predicted octanol–water partition coefficient (Wildman–Crippen LogP) is 3.56. The van der Waals surface area contributed by atoms with Gasteiger partial charge in [0.2, 0.25) is 0 Å². The molecule has 2 rings (SSSR count). The summed E-state index contributed by atoms with van der Waals surface area (Å²) in [6.07, 6.45) is 2.83. The third-order valence-electron chi connectivity index (χ3n) is 3.20. The number of nitro benzene ring substituents is 1. The molecular weight excluding hydrogens is 280 g/mol. The minimum absolute atomic E-state index is 0.0247. The Hall–Kier alpha value is -2.95. The summed E-state index contributed by atoms with van der Waals surface area (Å²) in [5.41, 5.74) is 1.66. The molecule has 0 aliphatic carbocycles. The first kappa shape index (κ1) is 15.4. The standard InChI is InChI=1S/C17H16N2O3/c1-18(2)15-10-8-13(16(12-15)19(21)22)9-11-17(20)14-6-4-3-5-7-14/h3-12H,1-2H3/b11-9+. The highest BCUT2D eigenvalue weighted by Gasteiger charge is 2.13. The molecular formula is C17H16N2O3. The van der Waals surface area contributed by atoms with E-state index in [1.807, 2.05) is 20.2 Å². The molecule has 5 nitrogen and oxygen atoms in total. The molecule has 0 N–H and O–H groups in total. The zero-order valence-electron chi connectivity index (χ0n) is 12.4. The zero-order chi connectivity index (χ0) is 16.1. The highest BCUT2D eigenvalue weighted by molar-refractivity contribution is 6.07. The highest BCUT2D eigenvalue weighted by Crippen LogP contribution is 2.25. The second-order valence-electron chi connectivity index (χ2n) is 4.96. The smallest absolute Gasteiger partial charge is 0.278 e. The molecule has 0 saturated heterocycles. The van der Waals surface area contributed by atoms with E-state index in [4.69, 9.17) is 0 Å². The summed E-state index contributed by atoms with van der Waals surface area (Å²) >= 11 is 0. The molecule has 0 unspecified atom stereocenters. The van der Waals surface area contributed by atoms with Crippen molar-refractivity contribution in [1.82, 2.24) is 0 Å². The SMILES string of the molecule is CN(C)c1ccc(/C=C/C(=O)c2ccccc2)c([N+](=O)[O-])c1. The molecule has 0 spiro atoms. The maximum absolute atomic E-state index is 12.0. The van der Waals surface area contributed by atoms with Crippen molar-refractivity contribution >= 4 is 23.2 Å². The van der Waals surface area contributed by atoms with E-state index in [9.17, 15) is 14.9 Å². The maximum atomic E-state index is 12.0. The fraction of sp³-hybridized carbons (Fsp3) is 0.118. The molecule has 0 aliphatic heterocycles. The zero-order valence-corrected chi connectivity index (χ0v) is 12.4. The van der Waals surface area contributed by atoms with Crippen molar-refractivity contribution in [2.45, 2.75) is 0 Å². The van der Waals surface area contributed by atoms with Crippen molar-refractivity contribution < 1.29 is 9.72 Å². The van der Waals surface area contributed by atoms with Gasteiger partial charge in [-0.3, -0.25) is 14.9 Å². The number of rotatable bonds is 5. The van der Waals surface area contributed by atoms with Crippen LogP contribution in [0.4, 0.5) is 11.4 Å². The largest absolute Gasteiger partial charge is 0.377 e. The highest BCUT2D eigenvalue weighted by atomic mass is 16.6. The van der Waals surface area contributed by atoms with Crippen molar-refractivity contribution in [3.05, 3.63) is 75.8 Å². The van der Waals surface area contributed by atoms with Crippen LogP contribution >= 0.6 is 0 Å². The van der Waals surface area contributed by atoms with Crippen LogP contribution in [0.1, 0.15) is 15.9 Å². The Balaban J connectivity index is 2.31. The summed E-state index contributed by atoms with van der Waals surface area (Å²) in [6.45, 7) is 0. The van der Waals surface area contributed by atoms with Gasteiger partial charge in [-0.15, -0.1) is 0 Å². The summed E-state index contributed by atoms with van der Waals surface area (Å²) in [7, 11) is 3.63. The molecule has 0 bridgehead atoms. The van der Waals surface area contributed by atoms with Gasteiger partial charge in [-0.05, 0) is 24.3 Å². The lowest BCUT2D eigenvalue weighted by Crippen LogP contribution is -2.09. The first-order valence-corrected chi connectivity index (χ1v) is 6.72. The van der Waals surface area contributed by atoms with Crippen molar-refractivity contribution in [2.24, 2.45) is 0 Å². The van der Waals surface area contributed by atoms with Crippen molar-refractivity contribution in [3.8, 4) is 0 Å². The Labute approximate surface area is 128 Å². The van der Waals surface area contributed by atoms with Gasteiger partial charge in [0.05, 0.1) is 10.5 Å². The number of ketones is 1. The molecule has 22 heavy (non-hydrogen) atoms. The Bertz CT molecular complexity index is 722. The fourth-order valence-electron chi connectivity index (χ4n) is 1.97. The summed E-state index contributed by atoms with van der Waals surface area (Å²) in [6, 6.07) is 13.7. The first-order chi connectivity index (χ1) is 10.5. The lowest BCUT2D eigenvalue weighted by Gasteiger charge is -2.12. The number of anilines is 1. The van der Waals surface area contributed by atoms with Gasteiger partial charge in [0.25, 0.3) is 5.69 Å². The molecule has 5 heteroatoms. The average molecular weight is 296 g/mol.